The highest BCUT2D eigenvalue weighted by Gasteiger charge is 2.29. The first-order valence-corrected chi connectivity index (χ1v) is 14.2. The van der Waals surface area contributed by atoms with Crippen molar-refractivity contribution >= 4 is 12.2 Å². The number of benzene rings is 3. The van der Waals surface area contributed by atoms with Crippen LogP contribution in [0.5, 0.6) is 0 Å². The van der Waals surface area contributed by atoms with Crippen molar-refractivity contribution in [3.05, 3.63) is 108 Å². The Hall–Kier alpha value is -3.92. The smallest absolute Gasteiger partial charge is 0.407 e. The monoisotopic (exact) mass is 577 g/mol. The molecule has 0 aromatic heterocycles. The van der Waals surface area contributed by atoms with Gasteiger partial charge in [0.2, 0.25) is 0 Å². The fourth-order valence-electron chi connectivity index (χ4n) is 4.60. The molecular weight excluding hydrogens is 534 g/mol. The van der Waals surface area contributed by atoms with Crippen LogP contribution in [0.4, 0.5) is 9.59 Å². The first kappa shape index (κ1) is 32.6. The Kier molecular flexibility index (Phi) is 12.3. The molecule has 9 nitrogen and oxygen atoms in total. The molecule has 0 aliphatic carbocycles. The molecule has 0 saturated carbocycles. The molecule has 4 atom stereocenters. The second kappa shape index (κ2) is 15.9. The molecule has 3 aromatic carbocycles. The summed E-state index contributed by atoms with van der Waals surface area (Å²) < 4.78 is 5.43. The highest BCUT2D eigenvalue weighted by molar-refractivity contribution is 5.68. The van der Waals surface area contributed by atoms with Gasteiger partial charge in [0, 0.05) is 19.1 Å². The van der Waals surface area contributed by atoms with Crippen molar-refractivity contribution in [2.45, 2.75) is 70.1 Å². The number of aliphatic hydroxyl groups is 2. The minimum atomic E-state index is -1.14. The van der Waals surface area contributed by atoms with Gasteiger partial charge in [0.05, 0.1) is 24.8 Å². The highest BCUT2D eigenvalue weighted by atomic mass is 16.6. The number of rotatable bonds is 14. The zero-order valence-electron chi connectivity index (χ0n) is 24.5. The Balaban J connectivity index is 1.74. The van der Waals surface area contributed by atoms with Crippen LogP contribution < -0.4 is 10.6 Å². The van der Waals surface area contributed by atoms with Gasteiger partial charge in [0.1, 0.15) is 5.60 Å². The molecule has 226 valence electrons. The molecule has 0 aliphatic rings. The average molecular weight is 578 g/mol. The zero-order valence-corrected chi connectivity index (χ0v) is 24.5. The van der Waals surface area contributed by atoms with Crippen LogP contribution in [0.1, 0.15) is 37.5 Å². The molecule has 0 saturated heterocycles. The minimum absolute atomic E-state index is 0.0353. The van der Waals surface area contributed by atoms with Crippen LogP contribution in [0.15, 0.2) is 91.0 Å². The van der Waals surface area contributed by atoms with E-state index in [0.717, 1.165) is 16.7 Å². The number of aliphatic hydroxyl groups excluding tert-OH is 2. The lowest BCUT2D eigenvalue weighted by atomic mass is 9.98. The third kappa shape index (κ3) is 11.5. The number of ether oxygens (including phenoxy) is 1. The predicted octanol–water partition coefficient (Wildman–Crippen LogP) is 4.23. The summed E-state index contributed by atoms with van der Waals surface area (Å²) in [5.41, 5.74) is 1.98. The molecule has 0 fully saturated rings. The van der Waals surface area contributed by atoms with Crippen molar-refractivity contribution in [2.75, 3.05) is 13.1 Å². The highest BCUT2D eigenvalue weighted by Crippen LogP contribution is 2.13. The molecule has 2 amide bonds. The molecule has 3 aromatic rings. The molecular formula is C33H43N3O6. The van der Waals surface area contributed by atoms with Gasteiger partial charge < -0.3 is 35.6 Å². The van der Waals surface area contributed by atoms with Gasteiger partial charge in [-0.2, -0.15) is 0 Å². The van der Waals surface area contributed by atoms with Crippen LogP contribution in [-0.2, 0) is 24.1 Å². The van der Waals surface area contributed by atoms with Gasteiger partial charge in [0.15, 0.2) is 0 Å². The number of alkyl carbamates (subject to hydrolysis) is 1. The van der Waals surface area contributed by atoms with E-state index in [0.29, 0.717) is 12.8 Å². The Labute approximate surface area is 248 Å². The summed E-state index contributed by atoms with van der Waals surface area (Å²) in [5.74, 6) is 0. The lowest BCUT2D eigenvalue weighted by Gasteiger charge is -2.31. The van der Waals surface area contributed by atoms with Crippen LogP contribution >= 0.6 is 0 Å². The van der Waals surface area contributed by atoms with E-state index < -0.39 is 42.1 Å². The van der Waals surface area contributed by atoms with E-state index in [4.69, 9.17) is 4.74 Å². The number of hydrogen-bond acceptors (Lipinski definition) is 6. The van der Waals surface area contributed by atoms with Gasteiger partial charge in [-0.3, -0.25) is 0 Å². The van der Waals surface area contributed by atoms with Gasteiger partial charge in [-0.05, 0) is 50.3 Å². The predicted molar refractivity (Wildman–Crippen MR) is 162 cm³/mol. The van der Waals surface area contributed by atoms with Crippen molar-refractivity contribution in [1.82, 2.24) is 15.5 Å². The second-order valence-electron chi connectivity index (χ2n) is 11.4. The van der Waals surface area contributed by atoms with Gasteiger partial charge in [0.25, 0.3) is 0 Å². The third-order valence-corrected chi connectivity index (χ3v) is 6.71. The number of carboxylic acid groups (broad SMARTS) is 1. The summed E-state index contributed by atoms with van der Waals surface area (Å²) in [6.07, 6.45) is -3.14. The first-order chi connectivity index (χ1) is 20.0. The van der Waals surface area contributed by atoms with Crippen LogP contribution in [0.3, 0.4) is 0 Å². The summed E-state index contributed by atoms with van der Waals surface area (Å²) in [7, 11) is 0. The molecule has 5 N–H and O–H groups in total. The van der Waals surface area contributed by atoms with E-state index in [1.165, 1.54) is 4.90 Å². The summed E-state index contributed by atoms with van der Waals surface area (Å²) in [4.78, 5) is 25.9. The van der Waals surface area contributed by atoms with Crippen molar-refractivity contribution < 1.29 is 29.6 Å². The molecule has 0 aliphatic heterocycles. The van der Waals surface area contributed by atoms with Crippen LogP contribution in [0.2, 0.25) is 0 Å². The SMILES string of the molecule is CC(C)(C)OC(=O)N[C@@H](Cc1ccccc1)[C@H](O)CN[C@H](Cc1ccccc1)C(O)CN(Cc1ccccc1)C(=O)O. The molecule has 0 radical (unpaired) electrons. The standard InChI is InChI=1S/C33H43N3O6/c1-33(2,3)42-31(39)35-28(20-25-15-9-5-10-16-25)29(37)21-34-27(19-24-13-7-4-8-14-24)30(38)23-36(32(40)41)22-26-17-11-6-12-18-26/h4-18,27-30,34,37-38H,19-23H2,1-3H3,(H,35,39)(H,40,41)/t27-,28+,29-,30?/m1/s1. The number of carbonyl (C=O) groups excluding carboxylic acids is 1. The molecule has 1 unspecified atom stereocenters. The number of nitrogens with zero attached hydrogens (tertiary/aromatic N) is 1. The number of carbonyl (C=O) groups is 2. The van der Waals surface area contributed by atoms with Gasteiger partial charge >= 0.3 is 12.2 Å². The normalized spacial score (nSPS) is 14.3. The Morgan fingerprint density at radius 3 is 1.71 bits per heavy atom. The van der Waals surface area contributed by atoms with Crippen molar-refractivity contribution in [1.29, 1.82) is 0 Å². The summed E-state index contributed by atoms with van der Waals surface area (Å²) in [5, 5.41) is 38.5. The van der Waals surface area contributed by atoms with E-state index in [9.17, 15) is 24.9 Å². The van der Waals surface area contributed by atoms with Crippen LogP contribution in [0, 0.1) is 0 Å². The summed E-state index contributed by atoms with van der Waals surface area (Å²) in [6, 6.07) is 27.0. The van der Waals surface area contributed by atoms with E-state index in [2.05, 4.69) is 10.6 Å². The largest absolute Gasteiger partial charge is 0.465 e. The molecule has 0 heterocycles. The second-order valence-corrected chi connectivity index (χ2v) is 11.4. The van der Waals surface area contributed by atoms with E-state index in [1.807, 2.05) is 91.0 Å². The fraction of sp³-hybridized carbons (Fsp3) is 0.394. The summed E-state index contributed by atoms with van der Waals surface area (Å²) in [6.45, 7) is 5.34. The van der Waals surface area contributed by atoms with E-state index in [-0.39, 0.29) is 19.6 Å². The molecule has 42 heavy (non-hydrogen) atoms. The third-order valence-electron chi connectivity index (χ3n) is 6.71. The maximum Gasteiger partial charge on any atom is 0.407 e. The fourth-order valence-corrected chi connectivity index (χ4v) is 4.60. The average Bonchev–Trinajstić information content (AvgIpc) is 2.95. The van der Waals surface area contributed by atoms with E-state index >= 15 is 0 Å². The number of amides is 2. The molecule has 9 heteroatoms. The quantitative estimate of drug-likeness (QED) is 0.194. The van der Waals surface area contributed by atoms with Gasteiger partial charge in [-0.1, -0.05) is 91.0 Å². The van der Waals surface area contributed by atoms with E-state index in [1.54, 1.807) is 20.8 Å². The zero-order chi connectivity index (χ0) is 30.5. The number of nitrogens with one attached hydrogen (secondary N) is 2. The maximum absolute atomic E-state index is 12.6. The summed E-state index contributed by atoms with van der Waals surface area (Å²) >= 11 is 0. The van der Waals surface area contributed by atoms with Gasteiger partial charge in [-0.25, -0.2) is 9.59 Å². The molecule has 0 bridgehead atoms. The van der Waals surface area contributed by atoms with Gasteiger partial charge in [-0.15, -0.1) is 0 Å². The van der Waals surface area contributed by atoms with Crippen molar-refractivity contribution in [3.8, 4) is 0 Å². The van der Waals surface area contributed by atoms with Crippen molar-refractivity contribution in [3.63, 3.8) is 0 Å². The Morgan fingerprint density at radius 2 is 1.24 bits per heavy atom. The van der Waals surface area contributed by atoms with Crippen LogP contribution in [-0.4, -0.2) is 75.4 Å². The first-order valence-electron chi connectivity index (χ1n) is 14.2. The van der Waals surface area contributed by atoms with Crippen molar-refractivity contribution in [2.24, 2.45) is 0 Å². The van der Waals surface area contributed by atoms with Crippen LogP contribution in [0.25, 0.3) is 0 Å². The lowest BCUT2D eigenvalue weighted by molar-refractivity contribution is 0.0395. The maximum atomic E-state index is 12.6. The Morgan fingerprint density at radius 1 is 0.762 bits per heavy atom. The minimum Gasteiger partial charge on any atom is -0.465 e. The lowest BCUT2D eigenvalue weighted by Crippen LogP contribution is -2.54. The molecule has 0 spiro atoms. The number of hydrogen-bond donors (Lipinski definition) is 5. The topological polar surface area (TPSA) is 131 Å². The Bertz CT molecular complexity index is 1220. The molecule has 3 rings (SSSR count).